The summed E-state index contributed by atoms with van der Waals surface area (Å²) in [5.74, 6) is -0.947. The van der Waals surface area contributed by atoms with Crippen LogP contribution in [0.5, 0.6) is 0 Å². The third-order valence-corrected chi connectivity index (χ3v) is 4.39. The maximum absolute atomic E-state index is 12.2. The molecule has 0 unspecified atom stereocenters. The van der Waals surface area contributed by atoms with Gasteiger partial charge < -0.3 is 11.5 Å². The van der Waals surface area contributed by atoms with E-state index in [4.69, 9.17) is 11.5 Å². The zero-order valence-electron chi connectivity index (χ0n) is 13.4. The quantitative estimate of drug-likeness (QED) is 0.630. The number of carbonyl (C=O) groups is 1. The van der Waals surface area contributed by atoms with E-state index < -0.39 is 15.7 Å². The molecule has 6 nitrogen and oxygen atoms in total. The number of guanidine groups is 1. The third kappa shape index (κ3) is 4.30. The molecule has 122 valence electrons. The number of benzene rings is 1. The molecule has 0 aliphatic carbocycles. The summed E-state index contributed by atoms with van der Waals surface area (Å²) in [6, 6.07) is 3.17. The number of nitrogens with zero attached hydrogens (tertiary/aromatic N) is 1. The average Bonchev–Trinajstić information content (AvgIpc) is 2.36. The van der Waals surface area contributed by atoms with Gasteiger partial charge in [0.15, 0.2) is 15.8 Å². The molecule has 22 heavy (non-hydrogen) atoms. The Labute approximate surface area is 131 Å². The van der Waals surface area contributed by atoms with Crippen LogP contribution in [0, 0.1) is 0 Å². The number of amides is 1. The van der Waals surface area contributed by atoms with Crippen molar-refractivity contribution < 1.29 is 13.2 Å². The van der Waals surface area contributed by atoms with Crippen LogP contribution in [0.1, 0.15) is 54.6 Å². The molecule has 1 amide bonds. The second-order valence-corrected chi connectivity index (χ2v) is 7.55. The lowest BCUT2D eigenvalue weighted by atomic mass is 9.94. The number of aliphatic imine (C=N–C) groups is 1. The molecule has 1 aromatic carbocycles. The molecular formula is C15H23N3O3S. The van der Waals surface area contributed by atoms with Crippen LogP contribution in [0.15, 0.2) is 22.0 Å². The van der Waals surface area contributed by atoms with Crippen molar-refractivity contribution in [2.24, 2.45) is 16.5 Å². The second-order valence-electron chi connectivity index (χ2n) is 5.57. The average molecular weight is 325 g/mol. The molecule has 0 radical (unpaired) electrons. The van der Waals surface area contributed by atoms with Gasteiger partial charge in [-0.2, -0.15) is 4.99 Å². The van der Waals surface area contributed by atoms with Gasteiger partial charge in [0.05, 0.1) is 4.90 Å². The lowest BCUT2D eigenvalue weighted by molar-refractivity contribution is 0.100. The van der Waals surface area contributed by atoms with Gasteiger partial charge in [-0.15, -0.1) is 0 Å². The fourth-order valence-corrected chi connectivity index (χ4v) is 3.32. The summed E-state index contributed by atoms with van der Waals surface area (Å²) in [4.78, 5) is 15.8. The molecule has 1 aromatic rings. The van der Waals surface area contributed by atoms with E-state index in [-0.39, 0.29) is 22.3 Å². The lowest BCUT2D eigenvalue weighted by Gasteiger charge is -2.16. The fraction of sp³-hybridized carbons (Fsp3) is 0.467. The topological polar surface area (TPSA) is 116 Å². The molecule has 0 saturated carbocycles. The summed E-state index contributed by atoms with van der Waals surface area (Å²) in [7, 11) is -3.46. The van der Waals surface area contributed by atoms with Gasteiger partial charge in [-0.25, -0.2) is 8.42 Å². The molecule has 0 aliphatic rings. The van der Waals surface area contributed by atoms with Crippen molar-refractivity contribution in [3.63, 3.8) is 0 Å². The molecule has 0 spiro atoms. The Hall–Kier alpha value is -1.89. The van der Waals surface area contributed by atoms with E-state index in [9.17, 15) is 13.2 Å². The minimum atomic E-state index is -3.46. The Balaban J connectivity index is 3.68. The summed E-state index contributed by atoms with van der Waals surface area (Å²) in [5.41, 5.74) is 12.2. The Morgan fingerprint density at radius 1 is 1.27 bits per heavy atom. The van der Waals surface area contributed by atoms with E-state index in [2.05, 4.69) is 4.99 Å². The first-order valence-electron chi connectivity index (χ1n) is 7.08. The van der Waals surface area contributed by atoms with Crippen LogP contribution in [0.4, 0.5) is 0 Å². The van der Waals surface area contributed by atoms with E-state index in [0.717, 1.165) is 18.2 Å². The van der Waals surface area contributed by atoms with Crippen molar-refractivity contribution in [3.05, 3.63) is 28.8 Å². The maximum Gasteiger partial charge on any atom is 0.280 e. The van der Waals surface area contributed by atoms with Crippen molar-refractivity contribution in [1.82, 2.24) is 0 Å². The normalized spacial score (nSPS) is 11.5. The van der Waals surface area contributed by atoms with Crippen molar-refractivity contribution >= 4 is 21.7 Å². The summed E-state index contributed by atoms with van der Waals surface area (Å²) >= 11 is 0. The fourth-order valence-electron chi connectivity index (χ4n) is 2.27. The monoisotopic (exact) mass is 325 g/mol. The minimum absolute atomic E-state index is 0.0209. The van der Waals surface area contributed by atoms with Crippen LogP contribution in [-0.2, 0) is 16.3 Å². The first-order chi connectivity index (χ1) is 10.1. The summed E-state index contributed by atoms with van der Waals surface area (Å²) in [5, 5.41) is 0. The number of carbonyl (C=O) groups excluding carboxylic acids is 1. The van der Waals surface area contributed by atoms with Gasteiger partial charge in [0.1, 0.15) is 0 Å². The van der Waals surface area contributed by atoms with Crippen molar-refractivity contribution in [1.29, 1.82) is 0 Å². The maximum atomic E-state index is 12.2. The van der Waals surface area contributed by atoms with Crippen LogP contribution in [-0.4, -0.2) is 26.5 Å². The van der Waals surface area contributed by atoms with Gasteiger partial charge >= 0.3 is 0 Å². The molecule has 0 saturated heterocycles. The van der Waals surface area contributed by atoms with E-state index >= 15 is 0 Å². The Bertz CT molecular complexity index is 703. The molecule has 0 atom stereocenters. The van der Waals surface area contributed by atoms with Crippen LogP contribution in [0.3, 0.4) is 0 Å². The molecule has 0 aromatic heterocycles. The van der Waals surface area contributed by atoms with E-state index in [1.807, 2.05) is 20.8 Å². The second kappa shape index (κ2) is 6.91. The molecule has 0 aliphatic heterocycles. The predicted molar refractivity (Wildman–Crippen MR) is 87.8 cm³/mol. The van der Waals surface area contributed by atoms with Crippen molar-refractivity contribution in [2.75, 3.05) is 6.26 Å². The van der Waals surface area contributed by atoms with Gasteiger partial charge in [-0.1, -0.05) is 33.3 Å². The zero-order chi connectivity index (χ0) is 17.1. The first kappa shape index (κ1) is 18.2. The highest BCUT2D eigenvalue weighted by atomic mass is 32.2. The number of sulfone groups is 1. The van der Waals surface area contributed by atoms with E-state index in [1.165, 1.54) is 6.07 Å². The van der Waals surface area contributed by atoms with Crippen LogP contribution >= 0.6 is 0 Å². The number of hydrogen-bond acceptors (Lipinski definition) is 3. The summed E-state index contributed by atoms with van der Waals surface area (Å²) < 4.78 is 24.1. The summed E-state index contributed by atoms with van der Waals surface area (Å²) in [6.07, 6.45) is 2.59. The SMILES string of the molecule is CCCc1cc(C(C)C)c(S(C)(=O)=O)cc1C(=O)N=C(N)N. The first-order valence-corrected chi connectivity index (χ1v) is 8.97. The van der Waals surface area contributed by atoms with Crippen molar-refractivity contribution in [2.45, 2.75) is 44.4 Å². The zero-order valence-corrected chi connectivity index (χ0v) is 14.2. The number of hydrogen-bond donors (Lipinski definition) is 2. The largest absolute Gasteiger partial charge is 0.370 e. The smallest absolute Gasteiger partial charge is 0.280 e. The van der Waals surface area contributed by atoms with E-state index in [1.54, 1.807) is 6.07 Å². The summed E-state index contributed by atoms with van der Waals surface area (Å²) in [6.45, 7) is 5.81. The van der Waals surface area contributed by atoms with Gasteiger partial charge in [-0.05, 0) is 29.5 Å². The highest BCUT2D eigenvalue weighted by Gasteiger charge is 2.21. The molecule has 0 bridgehead atoms. The van der Waals surface area contributed by atoms with Crippen molar-refractivity contribution in [3.8, 4) is 0 Å². The lowest BCUT2D eigenvalue weighted by Crippen LogP contribution is -2.24. The molecule has 1 rings (SSSR count). The highest BCUT2D eigenvalue weighted by Crippen LogP contribution is 2.28. The van der Waals surface area contributed by atoms with Crippen LogP contribution in [0.2, 0.25) is 0 Å². The number of nitrogens with two attached hydrogens (primary N) is 2. The Morgan fingerprint density at radius 2 is 1.86 bits per heavy atom. The highest BCUT2D eigenvalue weighted by molar-refractivity contribution is 7.90. The van der Waals surface area contributed by atoms with Crippen LogP contribution in [0.25, 0.3) is 0 Å². The van der Waals surface area contributed by atoms with Gasteiger partial charge in [-0.3, -0.25) is 4.79 Å². The van der Waals surface area contributed by atoms with Gasteiger partial charge in [0.25, 0.3) is 5.91 Å². The Morgan fingerprint density at radius 3 is 2.27 bits per heavy atom. The number of aryl methyl sites for hydroxylation is 1. The molecule has 0 heterocycles. The molecule has 7 heteroatoms. The Kier molecular flexibility index (Phi) is 5.71. The van der Waals surface area contributed by atoms with Crippen LogP contribution < -0.4 is 11.5 Å². The standard InChI is InChI=1S/C15H23N3O3S/c1-5-6-10-7-11(9(2)3)13(22(4,20)21)8-12(10)14(19)18-15(16)17/h7-9H,5-6H2,1-4H3,(H4,16,17,18,19). The van der Waals surface area contributed by atoms with Gasteiger partial charge in [0, 0.05) is 11.8 Å². The van der Waals surface area contributed by atoms with E-state index in [0.29, 0.717) is 12.0 Å². The van der Waals surface area contributed by atoms with Gasteiger partial charge in [0.2, 0.25) is 0 Å². The molecular weight excluding hydrogens is 302 g/mol. The minimum Gasteiger partial charge on any atom is -0.370 e. The number of rotatable bonds is 5. The predicted octanol–water partition coefficient (Wildman–Crippen LogP) is 1.58. The molecule has 0 fully saturated rings. The molecule has 4 N–H and O–H groups in total. The third-order valence-electron chi connectivity index (χ3n) is 3.24.